The highest BCUT2D eigenvalue weighted by Crippen LogP contribution is 2.18. The molecule has 0 aromatic rings. The van der Waals surface area contributed by atoms with Crippen LogP contribution >= 0.6 is 24.0 Å². The van der Waals surface area contributed by atoms with Gasteiger partial charge in [-0.1, -0.05) is 13.8 Å². The number of carbonyl (C=O) groups is 1. The third-order valence-corrected chi connectivity index (χ3v) is 4.46. The van der Waals surface area contributed by atoms with Crippen LogP contribution in [0.2, 0.25) is 0 Å². The van der Waals surface area contributed by atoms with Gasteiger partial charge in [-0.2, -0.15) is 0 Å². The Morgan fingerprint density at radius 1 is 1.32 bits per heavy atom. The third kappa shape index (κ3) is 6.47. The molecule has 0 spiro atoms. The van der Waals surface area contributed by atoms with Gasteiger partial charge in [0.15, 0.2) is 5.96 Å². The van der Waals surface area contributed by atoms with Crippen LogP contribution in [0.1, 0.15) is 34.6 Å². The van der Waals surface area contributed by atoms with Gasteiger partial charge in [-0.3, -0.25) is 4.99 Å². The molecule has 0 aliphatic carbocycles. The Balaban J connectivity index is 0.00000312. The van der Waals surface area contributed by atoms with Crippen molar-refractivity contribution in [3.8, 4) is 0 Å². The van der Waals surface area contributed by atoms with Crippen LogP contribution in [0.25, 0.3) is 0 Å². The molecular formula is C17H34IN5O2. The molecule has 7 nitrogen and oxygen atoms in total. The molecule has 1 N–H and O–H groups in total. The summed E-state index contributed by atoms with van der Waals surface area (Å²) in [5.74, 6) is 0.982. The Labute approximate surface area is 169 Å². The fourth-order valence-electron chi connectivity index (χ4n) is 3.09. The third-order valence-electron chi connectivity index (χ3n) is 4.46. The maximum atomic E-state index is 12.2. The first-order valence-corrected chi connectivity index (χ1v) is 9.09. The van der Waals surface area contributed by atoms with Crippen molar-refractivity contribution >= 4 is 36.0 Å². The topological polar surface area (TPSA) is 60.4 Å². The summed E-state index contributed by atoms with van der Waals surface area (Å²) in [6, 6.07) is 0.266. The van der Waals surface area contributed by atoms with Gasteiger partial charge in [-0.15, -0.1) is 24.0 Å². The van der Waals surface area contributed by atoms with E-state index in [0.717, 1.165) is 45.2 Å². The van der Waals surface area contributed by atoms with E-state index >= 15 is 0 Å². The molecule has 0 saturated carbocycles. The van der Waals surface area contributed by atoms with Crippen molar-refractivity contribution in [1.82, 2.24) is 20.0 Å². The number of guanidine groups is 1. The number of ether oxygens (including phenoxy) is 1. The van der Waals surface area contributed by atoms with Crippen LogP contribution in [-0.4, -0.2) is 90.8 Å². The quantitative estimate of drug-likeness (QED) is 0.626. The summed E-state index contributed by atoms with van der Waals surface area (Å²) in [5.41, 5.74) is -0.447. The van der Waals surface area contributed by atoms with Crippen molar-refractivity contribution in [1.29, 1.82) is 0 Å². The highest BCUT2D eigenvalue weighted by atomic mass is 127. The van der Waals surface area contributed by atoms with Gasteiger partial charge in [-0.05, 0) is 33.9 Å². The van der Waals surface area contributed by atoms with Gasteiger partial charge in [0, 0.05) is 32.7 Å². The number of carbonyl (C=O) groups excluding carboxylic acids is 1. The predicted octanol–water partition coefficient (Wildman–Crippen LogP) is 1.83. The van der Waals surface area contributed by atoms with Crippen molar-refractivity contribution in [2.45, 2.75) is 46.3 Å². The van der Waals surface area contributed by atoms with Crippen LogP contribution in [0, 0.1) is 0 Å². The molecule has 1 amide bonds. The number of amides is 1. The molecule has 0 aromatic carbocycles. The van der Waals surface area contributed by atoms with E-state index in [4.69, 9.17) is 4.74 Å². The van der Waals surface area contributed by atoms with Gasteiger partial charge in [-0.25, -0.2) is 4.79 Å². The molecule has 1 unspecified atom stereocenters. The molecule has 1 atom stereocenters. The van der Waals surface area contributed by atoms with Crippen molar-refractivity contribution < 1.29 is 9.53 Å². The zero-order valence-electron chi connectivity index (χ0n) is 16.2. The smallest absolute Gasteiger partial charge is 0.410 e. The number of hydrogen-bond acceptors (Lipinski definition) is 6. The summed E-state index contributed by atoms with van der Waals surface area (Å²) in [4.78, 5) is 23.3. The van der Waals surface area contributed by atoms with Gasteiger partial charge in [0.05, 0.1) is 12.6 Å². The Hall–Kier alpha value is -0.770. The molecular weight excluding hydrogens is 433 g/mol. The van der Waals surface area contributed by atoms with E-state index in [9.17, 15) is 4.79 Å². The van der Waals surface area contributed by atoms with Crippen LogP contribution in [-0.2, 0) is 4.74 Å². The molecule has 2 aliphatic rings. The van der Waals surface area contributed by atoms with E-state index < -0.39 is 5.60 Å². The van der Waals surface area contributed by atoms with E-state index in [-0.39, 0.29) is 36.1 Å². The molecule has 1 fully saturated rings. The zero-order chi connectivity index (χ0) is 17.7. The monoisotopic (exact) mass is 467 g/mol. The lowest BCUT2D eigenvalue weighted by Crippen LogP contribution is -2.57. The Kier molecular flexibility index (Phi) is 8.73. The first kappa shape index (κ1) is 22.3. The van der Waals surface area contributed by atoms with Gasteiger partial charge in [0.2, 0.25) is 0 Å². The molecule has 2 heterocycles. The normalized spacial score (nSPS) is 20.1. The lowest BCUT2D eigenvalue weighted by molar-refractivity contribution is 0.0137. The van der Waals surface area contributed by atoms with Crippen LogP contribution < -0.4 is 5.32 Å². The lowest BCUT2D eigenvalue weighted by Gasteiger charge is -2.39. The summed E-state index contributed by atoms with van der Waals surface area (Å²) < 4.78 is 5.48. The summed E-state index contributed by atoms with van der Waals surface area (Å²) in [5, 5.41) is 3.46. The highest BCUT2D eigenvalue weighted by molar-refractivity contribution is 14.0. The number of aliphatic imine (C=N–C) groups is 1. The average Bonchev–Trinajstić information content (AvgIpc) is 2.92. The molecule has 2 rings (SSSR count). The Morgan fingerprint density at radius 3 is 2.60 bits per heavy atom. The van der Waals surface area contributed by atoms with Crippen LogP contribution in [0.5, 0.6) is 0 Å². The minimum absolute atomic E-state index is 0. The Morgan fingerprint density at radius 2 is 2.00 bits per heavy atom. The van der Waals surface area contributed by atoms with E-state index in [2.05, 4.69) is 34.0 Å². The fourth-order valence-corrected chi connectivity index (χ4v) is 3.09. The molecule has 0 aromatic heterocycles. The maximum Gasteiger partial charge on any atom is 0.410 e. The number of piperazine rings is 1. The second kappa shape index (κ2) is 9.80. The number of hydrogen-bond donors (Lipinski definition) is 1. The summed E-state index contributed by atoms with van der Waals surface area (Å²) >= 11 is 0. The molecule has 146 valence electrons. The van der Waals surface area contributed by atoms with Gasteiger partial charge < -0.3 is 24.8 Å². The fraction of sp³-hybridized carbons (Fsp3) is 0.882. The lowest BCUT2D eigenvalue weighted by atomic mass is 10.2. The van der Waals surface area contributed by atoms with Crippen LogP contribution in [0.3, 0.4) is 0 Å². The maximum absolute atomic E-state index is 12.2. The number of rotatable bonds is 5. The van der Waals surface area contributed by atoms with Gasteiger partial charge in [0.1, 0.15) is 5.60 Å². The first-order valence-electron chi connectivity index (χ1n) is 9.09. The average molecular weight is 467 g/mol. The van der Waals surface area contributed by atoms with Gasteiger partial charge >= 0.3 is 6.09 Å². The van der Waals surface area contributed by atoms with Crippen molar-refractivity contribution in [2.24, 2.45) is 4.99 Å². The Bertz CT molecular complexity index is 462. The number of halogens is 1. The number of likely N-dealkylation sites (N-methyl/N-ethyl adjacent to an activating group) is 1. The van der Waals surface area contributed by atoms with Crippen LogP contribution in [0.4, 0.5) is 4.79 Å². The van der Waals surface area contributed by atoms with Gasteiger partial charge in [0.25, 0.3) is 0 Å². The van der Waals surface area contributed by atoms with Crippen molar-refractivity contribution in [3.63, 3.8) is 0 Å². The summed E-state index contributed by atoms with van der Waals surface area (Å²) in [7, 11) is 0. The SMILES string of the molecule is CCN(CC)CCNC1=NCC2CN(C(=O)OC(C)(C)C)CCN12.I. The standard InChI is InChI=1S/C17H33N5O2.HI/c1-6-20(7-2)9-8-18-15-19-12-14-13-21(10-11-22(14)15)16(23)24-17(3,4)5;/h14H,6-13H2,1-5H3,(H,18,19);1H. The highest BCUT2D eigenvalue weighted by Gasteiger charge is 2.36. The van der Waals surface area contributed by atoms with Crippen LogP contribution in [0.15, 0.2) is 4.99 Å². The molecule has 1 saturated heterocycles. The predicted molar refractivity (Wildman–Crippen MR) is 112 cm³/mol. The number of nitrogens with zero attached hydrogens (tertiary/aromatic N) is 4. The van der Waals surface area contributed by atoms with E-state index in [1.165, 1.54) is 0 Å². The zero-order valence-corrected chi connectivity index (χ0v) is 18.6. The van der Waals surface area contributed by atoms with E-state index in [1.807, 2.05) is 20.8 Å². The first-order chi connectivity index (χ1) is 11.3. The molecule has 25 heavy (non-hydrogen) atoms. The second-order valence-electron chi connectivity index (χ2n) is 7.39. The molecule has 0 radical (unpaired) electrons. The second-order valence-corrected chi connectivity index (χ2v) is 7.39. The largest absolute Gasteiger partial charge is 0.444 e. The number of nitrogens with one attached hydrogen (secondary N) is 1. The number of fused-ring (bicyclic) bond motifs is 1. The molecule has 2 aliphatic heterocycles. The van der Waals surface area contributed by atoms with Crippen molar-refractivity contribution in [3.05, 3.63) is 0 Å². The van der Waals surface area contributed by atoms with Crippen molar-refractivity contribution in [2.75, 3.05) is 52.4 Å². The molecule has 8 heteroatoms. The summed E-state index contributed by atoms with van der Waals surface area (Å²) in [6.07, 6.45) is -0.218. The minimum atomic E-state index is -0.447. The van der Waals surface area contributed by atoms with E-state index in [0.29, 0.717) is 13.1 Å². The van der Waals surface area contributed by atoms with E-state index in [1.54, 1.807) is 4.90 Å². The minimum Gasteiger partial charge on any atom is -0.444 e. The summed E-state index contributed by atoms with van der Waals surface area (Å²) in [6.45, 7) is 17.0. The molecule has 0 bridgehead atoms.